The van der Waals surface area contributed by atoms with E-state index in [2.05, 4.69) is 6.92 Å². The van der Waals surface area contributed by atoms with Gasteiger partial charge in [-0.2, -0.15) is 0 Å². The van der Waals surface area contributed by atoms with Crippen LogP contribution in [0.25, 0.3) is 0 Å². The third-order valence-corrected chi connectivity index (χ3v) is 5.60. The lowest BCUT2D eigenvalue weighted by atomic mass is 9.60. The van der Waals surface area contributed by atoms with Crippen LogP contribution in [0.3, 0.4) is 0 Å². The van der Waals surface area contributed by atoms with E-state index in [1.54, 1.807) is 0 Å². The van der Waals surface area contributed by atoms with Crippen LogP contribution in [0.2, 0.25) is 0 Å². The van der Waals surface area contributed by atoms with Gasteiger partial charge in [-0.05, 0) is 59.2 Å². The highest BCUT2D eigenvalue weighted by Crippen LogP contribution is 2.81. The van der Waals surface area contributed by atoms with Gasteiger partial charge in [-0.25, -0.2) is 0 Å². The Morgan fingerprint density at radius 1 is 1.13 bits per heavy atom. The quantitative estimate of drug-likeness (QED) is 0.702. The van der Waals surface area contributed by atoms with E-state index in [9.17, 15) is 9.59 Å². The predicted molar refractivity (Wildman–Crippen MR) is 56.5 cm³/mol. The van der Waals surface area contributed by atoms with Gasteiger partial charge in [-0.3, -0.25) is 9.59 Å². The average Bonchev–Trinajstić information content (AvgIpc) is 2.83. The van der Waals surface area contributed by atoms with E-state index in [0.29, 0.717) is 17.8 Å². The second-order valence-electron chi connectivity index (χ2n) is 5.33. The van der Waals surface area contributed by atoms with Crippen molar-refractivity contribution in [2.75, 3.05) is 0 Å². The van der Waals surface area contributed by atoms with Crippen LogP contribution in [0.5, 0.6) is 0 Å². The summed E-state index contributed by atoms with van der Waals surface area (Å²) in [6.45, 7) is 2.20. The molecule has 3 saturated carbocycles. The van der Waals surface area contributed by atoms with Crippen molar-refractivity contribution in [2.24, 2.45) is 35.0 Å². The summed E-state index contributed by atoms with van der Waals surface area (Å²) in [7, 11) is 0. The fourth-order valence-corrected chi connectivity index (χ4v) is 4.96. The van der Waals surface area contributed by atoms with Gasteiger partial charge in [-0.1, -0.05) is 6.92 Å². The standard InChI is InChI=1S/C11H12Cl2O2/c1-4-2-5-7(9(12)14)8(10(13)15)6-3-11(4,5)6/h4-8H,2-3H2,1H3. The summed E-state index contributed by atoms with van der Waals surface area (Å²) in [6, 6.07) is 0. The lowest BCUT2D eigenvalue weighted by Gasteiger charge is -2.44. The van der Waals surface area contributed by atoms with E-state index < -0.39 is 0 Å². The number of rotatable bonds is 2. The van der Waals surface area contributed by atoms with E-state index in [-0.39, 0.29) is 27.7 Å². The Labute approximate surface area is 98.3 Å². The van der Waals surface area contributed by atoms with Crippen LogP contribution < -0.4 is 0 Å². The first-order chi connectivity index (χ1) is 7.00. The molecule has 3 rings (SSSR count). The molecule has 1 spiro atoms. The molecule has 0 heterocycles. The van der Waals surface area contributed by atoms with Crippen molar-refractivity contribution in [1.29, 1.82) is 0 Å². The molecule has 3 fully saturated rings. The van der Waals surface area contributed by atoms with Gasteiger partial charge < -0.3 is 0 Å². The summed E-state index contributed by atoms with van der Waals surface area (Å²) in [5.74, 6) is 0.699. The first-order valence-corrected chi connectivity index (χ1v) is 6.14. The van der Waals surface area contributed by atoms with Gasteiger partial charge in [0.05, 0.1) is 0 Å². The maximum Gasteiger partial charge on any atom is 0.225 e. The van der Waals surface area contributed by atoms with Gasteiger partial charge in [0, 0.05) is 11.8 Å². The molecule has 82 valence electrons. The van der Waals surface area contributed by atoms with Gasteiger partial charge >= 0.3 is 0 Å². The minimum Gasteiger partial charge on any atom is -0.281 e. The second-order valence-corrected chi connectivity index (χ2v) is 6.07. The van der Waals surface area contributed by atoms with Crippen LogP contribution in [0.1, 0.15) is 19.8 Å². The van der Waals surface area contributed by atoms with E-state index in [0.717, 1.165) is 12.8 Å². The van der Waals surface area contributed by atoms with E-state index in [1.807, 2.05) is 0 Å². The summed E-state index contributed by atoms with van der Waals surface area (Å²) < 4.78 is 0. The Morgan fingerprint density at radius 3 is 2.13 bits per heavy atom. The molecule has 3 aliphatic carbocycles. The van der Waals surface area contributed by atoms with Crippen LogP contribution in [-0.4, -0.2) is 10.5 Å². The minimum absolute atomic E-state index is 0.254. The molecule has 2 nitrogen and oxygen atoms in total. The number of halogens is 2. The number of carbonyl (C=O) groups is 2. The van der Waals surface area contributed by atoms with Crippen molar-refractivity contribution in [1.82, 2.24) is 0 Å². The van der Waals surface area contributed by atoms with Gasteiger partial charge in [0.1, 0.15) is 0 Å². The fourth-order valence-electron chi connectivity index (χ4n) is 4.38. The van der Waals surface area contributed by atoms with Gasteiger partial charge in [0.2, 0.25) is 10.5 Å². The zero-order valence-electron chi connectivity index (χ0n) is 8.37. The van der Waals surface area contributed by atoms with Crippen molar-refractivity contribution in [3.05, 3.63) is 0 Å². The molecule has 6 atom stereocenters. The van der Waals surface area contributed by atoms with Gasteiger partial charge in [0.15, 0.2) is 0 Å². The first kappa shape index (κ1) is 10.1. The van der Waals surface area contributed by atoms with E-state index in [4.69, 9.17) is 23.2 Å². The van der Waals surface area contributed by atoms with Crippen LogP contribution in [0.4, 0.5) is 0 Å². The van der Waals surface area contributed by atoms with Crippen molar-refractivity contribution in [3.63, 3.8) is 0 Å². The Bertz CT molecular complexity index is 354. The van der Waals surface area contributed by atoms with Crippen LogP contribution in [-0.2, 0) is 9.59 Å². The highest BCUT2D eigenvalue weighted by Gasteiger charge is 2.79. The predicted octanol–water partition coefficient (Wildman–Crippen LogP) is 2.43. The second kappa shape index (κ2) is 2.78. The van der Waals surface area contributed by atoms with Crippen molar-refractivity contribution in [3.8, 4) is 0 Å². The van der Waals surface area contributed by atoms with Crippen LogP contribution in [0.15, 0.2) is 0 Å². The van der Waals surface area contributed by atoms with Crippen LogP contribution >= 0.6 is 23.2 Å². The molecule has 0 aromatic carbocycles. The third-order valence-electron chi connectivity index (χ3n) is 5.10. The Morgan fingerprint density at radius 2 is 1.67 bits per heavy atom. The zero-order chi connectivity index (χ0) is 11.0. The molecule has 0 amide bonds. The molecule has 0 aliphatic heterocycles. The highest BCUT2D eigenvalue weighted by atomic mass is 35.5. The topological polar surface area (TPSA) is 34.1 Å². The lowest BCUT2D eigenvalue weighted by Crippen LogP contribution is -2.41. The van der Waals surface area contributed by atoms with Crippen molar-refractivity contribution in [2.45, 2.75) is 19.8 Å². The molecule has 0 radical (unpaired) electrons. The summed E-state index contributed by atoms with van der Waals surface area (Å²) in [5.41, 5.74) is 0.254. The molecule has 15 heavy (non-hydrogen) atoms. The smallest absolute Gasteiger partial charge is 0.225 e. The molecule has 0 bridgehead atoms. The minimum atomic E-state index is -0.363. The Balaban J connectivity index is 1.97. The normalized spacial score (nSPS) is 55.3. The summed E-state index contributed by atoms with van der Waals surface area (Å²) in [4.78, 5) is 22.7. The maximum absolute atomic E-state index is 11.4. The highest BCUT2D eigenvalue weighted by molar-refractivity contribution is 6.67. The van der Waals surface area contributed by atoms with E-state index in [1.165, 1.54) is 0 Å². The Hall–Kier alpha value is -0.0800. The van der Waals surface area contributed by atoms with Crippen molar-refractivity contribution < 1.29 is 9.59 Å². The molecular formula is C11H12Cl2O2. The molecule has 0 aromatic rings. The lowest BCUT2D eigenvalue weighted by molar-refractivity contribution is -0.126. The van der Waals surface area contributed by atoms with Gasteiger partial charge in [0.25, 0.3) is 0 Å². The van der Waals surface area contributed by atoms with E-state index >= 15 is 0 Å². The first-order valence-electron chi connectivity index (χ1n) is 5.39. The summed E-state index contributed by atoms with van der Waals surface area (Å²) >= 11 is 11.2. The molecule has 6 unspecified atom stereocenters. The summed E-state index contributed by atoms with van der Waals surface area (Å²) in [6.07, 6.45) is 2.10. The maximum atomic E-state index is 11.4. The number of carbonyl (C=O) groups excluding carboxylic acids is 2. The van der Waals surface area contributed by atoms with Crippen LogP contribution in [0, 0.1) is 35.0 Å². The molecule has 4 heteroatoms. The molecule has 0 saturated heterocycles. The SMILES string of the molecule is CC1CC2C(C(=O)Cl)C(C(=O)Cl)C3CC123. The molecule has 0 aromatic heterocycles. The molecular weight excluding hydrogens is 235 g/mol. The van der Waals surface area contributed by atoms with Crippen molar-refractivity contribution >= 4 is 33.7 Å². The average molecular weight is 247 g/mol. The number of hydrogen-bond acceptors (Lipinski definition) is 2. The number of hydrogen-bond donors (Lipinski definition) is 0. The van der Waals surface area contributed by atoms with Gasteiger partial charge in [-0.15, -0.1) is 0 Å². The fraction of sp³-hybridized carbons (Fsp3) is 0.818. The largest absolute Gasteiger partial charge is 0.281 e. The monoisotopic (exact) mass is 246 g/mol. The molecule has 0 N–H and O–H groups in total. The Kier molecular flexibility index (Phi) is 1.87. The zero-order valence-corrected chi connectivity index (χ0v) is 9.89. The summed E-state index contributed by atoms with van der Waals surface area (Å²) in [5, 5.41) is -0.727. The third kappa shape index (κ3) is 0.980. The molecule has 3 aliphatic rings.